The van der Waals surface area contributed by atoms with Crippen molar-refractivity contribution in [1.29, 1.82) is 0 Å². The van der Waals surface area contributed by atoms with Gasteiger partial charge in [0.1, 0.15) is 0 Å². The van der Waals surface area contributed by atoms with E-state index in [0.717, 1.165) is 5.56 Å². The first-order chi connectivity index (χ1) is 14.5. The van der Waals surface area contributed by atoms with Crippen LogP contribution in [0.15, 0.2) is 60.7 Å². The number of carbonyl (C=O) groups is 3. The van der Waals surface area contributed by atoms with Crippen molar-refractivity contribution in [2.75, 3.05) is 13.2 Å². The van der Waals surface area contributed by atoms with E-state index in [-0.39, 0.29) is 32.0 Å². The average molecular weight is 411 g/mol. The summed E-state index contributed by atoms with van der Waals surface area (Å²) in [5.41, 5.74) is -0.345. The molecule has 0 fully saturated rings. The summed E-state index contributed by atoms with van der Waals surface area (Å²) < 4.78 is 10.6. The molecule has 2 rings (SSSR count). The Morgan fingerprint density at radius 3 is 1.80 bits per heavy atom. The molecule has 0 aromatic heterocycles. The van der Waals surface area contributed by atoms with Gasteiger partial charge in [-0.25, -0.2) is 0 Å². The number of ether oxygens (including phenoxy) is 2. The van der Waals surface area contributed by atoms with Crippen molar-refractivity contribution in [2.45, 2.75) is 39.7 Å². The molecule has 0 bridgehead atoms. The minimum absolute atomic E-state index is 0.116. The van der Waals surface area contributed by atoms with E-state index in [1.165, 1.54) is 0 Å². The van der Waals surface area contributed by atoms with Crippen molar-refractivity contribution in [3.8, 4) is 0 Å². The third-order valence-corrected chi connectivity index (χ3v) is 5.06. The first-order valence-electron chi connectivity index (χ1n) is 10.2. The summed E-state index contributed by atoms with van der Waals surface area (Å²) in [5, 5.41) is 2.91. The molecule has 0 saturated heterocycles. The van der Waals surface area contributed by atoms with Gasteiger partial charge < -0.3 is 14.8 Å². The van der Waals surface area contributed by atoms with Crippen LogP contribution in [0.25, 0.3) is 0 Å². The number of rotatable bonds is 10. The number of benzene rings is 2. The van der Waals surface area contributed by atoms with Crippen LogP contribution in [0.5, 0.6) is 0 Å². The van der Waals surface area contributed by atoms with Crippen LogP contribution in [-0.2, 0) is 25.5 Å². The first-order valence-corrected chi connectivity index (χ1v) is 10.2. The summed E-state index contributed by atoms with van der Waals surface area (Å²) in [6, 6.07) is 17.2. The fourth-order valence-electron chi connectivity index (χ4n) is 3.45. The summed E-state index contributed by atoms with van der Waals surface area (Å²) in [5.74, 6) is -1.76. The lowest BCUT2D eigenvalue weighted by molar-refractivity contribution is -0.174. The van der Waals surface area contributed by atoms with Crippen LogP contribution in [0, 0.1) is 5.41 Å². The lowest BCUT2D eigenvalue weighted by Gasteiger charge is -2.36. The maximum atomic E-state index is 13.1. The summed E-state index contributed by atoms with van der Waals surface area (Å²) in [6.07, 6.45) is 0.391. The lowest BCUT2D eigenvalue weighted by atomic mass is 9.74. The van der Waals surface area contributed by atoms with Gasteiger partial charge in [-0.2, -0.15) is 0 Å². The van der Waals surface area contributed by atoms with Crippen LogP contribution in [0.4, 0.5) is 0 Å². The molecular formula is C24H29NO5. The number of carbonyl (C=O) groups excluding carboxylic acids is 3. The molecule has 0 heterocycles. The van der Waals surface area contributed by atoms with Gasteiger partial charge in [0.05, 0.1) is 19.3 Å². The predicted octanol–water partition coefficient (Wildman–Crippen LogP) is 3.55. The number of esters is 2. The SMILES string of the molecule is CCOC(=O)C(CC)(C(=O)OCC)C(Cc1ccccc1)NC(=O)c1ccccc1. The van der Waals surface area contributed by atoms with Gasteiger partial charge in [0.25, 0.3) is 5.91 Å². The molecule has 2 aromatic carbocycles. The highest BCUT2D eigenvalue weighted by Gasteiger charge is 2.54. The van der Waals surface area contributed by atoms with Crippen LogP contribution in [0.2, 0.25) is 0 Å². The Kier molecular flexibility index (Phi) is 8.59. The van der Waals surface area contributed by atoms with Gasteiger partial charge in [0.2, 0.25) is 0 Å². The van der Waals surface area contributed by atoms with Gasteiger partial charge in [-0.1, -0.05) is 55.5 Å². The van der Waals surface area contributed by atoms with E-state index >= 15 is 0 Å². The molecule has 1 atom stereocenters. The van der Waals surface area contributed by atoms with Gasteiger partial charge in [-0.3, -0.25) is 14.4 Å². The molecule has 1 unspecified atom stereocenters. The van der Waals surface area contributed by atoms with E-state index in [1.807, 2.05) is 36.4 Å². The van der Waals surface area contributed by atoms with Crippen molar-refractivity contribution in [3.05, 3.63) is 71.8 Å². The molecule has 6 nitrogen and oxygen atoms in total. The standard InChI is InChI=1S/C24H29NO5/c1-4-24(22(27)29-5-2,23(28)30-6-3)20(17-18-13-9-7-10-14-18)25-21(26)19-15-11-8-12-16-19/h7-16,20H,4-6,17H2,1-3H3,(H,25,26). The molecule has 1 amide bonds. The fourth-order valence-corrected chi connectivity index (χ4v) is 3.45. The topological polar surface area (TPSA) is 81.7 Å². The Bertz CT molecular complexity index is 817. The number of hydrogen-bond donors (Lipinski definition) is 1. The Balaban J connectivity index is 2.51. The molecule has 0 aliphatic rings. The Hall–Kier alpha value is -3.15. The second-order valence-electron chi connectivity index (χ2n) is 6.85. The van der Waals surface area contributed by atoms with Crippen molar-refractivity contribution in [2.24, 2.45) is 5.41 Å². The zero-order valence-electron chi connectivity index (χ0n) is 17.7. The zero-order valence-corrected chi connectivity index (χ0v) is 17.7. The zero-order chi connectivity index (χ0) is 22.0. The highest BCUT2D eigenvalue weighted by molar-refractivity contribution is 6.02. The first kappa shape index (κ1) is 23.1. The van der Waals surface area contributed by atoms with E-state index in [2.05, 4.69) is 5.32 Å². The van der Waals surface area contributed by atoms with E-state index < -0.39 is 23.4 Å². The summed E-state index contributed by atoms with van der Waals surface area (Å²) in [4.78, 5) is 39.1. The van der Waals surface area contributed by atoms with E-state index in [0.29, 0.717) is 5.56 Å². The molecule has 160 valence electrons. The van der Waals surface area contributed by atoms with Crippen molar-refractivity contribution >= 4 is 17.8 Å². The van der Waals surface area contributed by atoms with Gasteiger partial charge in [-0.05, 0) is 44.4 Å². The van der Waals surface area contributed by atoms with Crippen LogP contribution < -0.4 is 5.32 Å². The van der Waals surface area contributed by atoms with Gasteiger partial charge >= 0.3 is 11.9 Å². The molecular weight excluding hydrogens is 382 g/mol. The lowest BCUT2D eigenvalue weighted by Crippen LogP contribution is -2.58. The van der Waals surface area contributed by atoms with E-state index in [1.54, 1.807) is 45.0 Å². The Morgan fingerprint density at radius 1 is 0.833 bits per heavy atom. The number of nitrogens with one attached hydrogen (secondary N) is 1. The van der Waals surface area contributed by atoms with Crippen LogP contribution in [0.1, 0.15) is 43.1 Å². The highest BCUT2D eigenvalue weighted by Crippen LogP contribution is 2.33. The molecule has 0 aliphatic heterocycles. The van der Waals surface area contributed by atoms with Crippen LogP contribution >= 0.6 is 0 Å². The second kappa shape index (κ2) is 11.1. The summed E-state index contributed by atoms with van der Waals surface area (Å²) >= 11 is 0. The maximum Gasteiger partial charge on any atom is 0.325 e. The summed E-state index contributed by atoms with van der Waals surface area (Å²) in [7, 11) is 0. The number of hydrogen-bond acceptors (Lipinski definition) is 5. The maximum absolute atomic E-state index is 13.1. The molecule has 1 N–H and O–H groups in total. The van der Waals surface area contributed by atoms with E-state index in [9.17, 15) is 14.4 Å². The van der Waals surface area contributed by atoms with Gasteiger partial charge in [0, 0.05) is 5.56 Å². The van der Waals surface area contributed by atoms with Gasteiger partial charge in [0.15, 0.2) is 5.41 Å². The molecule has 0 saturated carbocycles. The summed E-state index contributed by atoms with van der Waals surface area (Å²) in [6.45, 7) is 5.31. The minimum Gasteiger partial charge on any atom is -0.465 e. The quantitative estimate of drug-likeness (QED) is 0.478. The van der Waals surface area contributed by atoms with Crippen molar-refractivity contribution in [1.82, 2.24) is 5.32 Å². The molecule has 0 aliphatic carbocycles. The Morgan fingerprint density at radius 2 is 1.33 bits per heavy atom. The molecule has 2 aromatic rings. The third-order valence-electron chi connectivity index (χ3n) is 5.06. The molecule has 0 radical (unpaired) electrons. The minimum atomic E-state index is -1.66. The largest absolute Gasteiger partial charge is 0.465 e. The van der Waals surface area contributed by atoms with Gasteiger partial charge in [-0.15, -0.1) is 0 Å². The smallest absolute Gasteiger partial charge is 0.325 e. The third kappa shape index (κ3) is 5.26. The number of amides is 1. The molecule has 0 spiro atoms. The monoisotopic (exact) mass is 411 g/mol. The highest BCUT2D eigenvalue weighted by atomic mass is 16.6. The average Bonchev–Trinajstić information content (AvgIpc) is 2.76. The van der Waals surface area contributed by atoms with Crippen LogP contribution in [-0.4, -0.2) is 37.1 Å². The predicted molar refractivity (Wildman–Crippen MR) is 114 cm³/mol. The fraction of sp³-hybridized carbons (Fsp3) is 0.375. The van der Waals surface area contributed by atoms with Crippen molar-refractivity contribution < 1.29 is 23.9 Å². The molecule has 6 heteroatoms. The van der Waals surface area contributed by atoms with Crippen LogP contribution in [0.3, 0.4) is 0 Å². The Labute approximate surface area is 177 Å². The van der Waals surface area contributed by atoms with E-state index in [4.69, 9.17) is 9.47 Å². The normalized spacial score (nSPS) is 12.0. The second-order valence-corrected chi connectivity index (χ2v) is 6.85. The van der Waals surface area contributed by atoms with Crippen molar-refractivity contribution in [3.63, 3.8) is 0 Å². The molecule has 30 heavy (non-hydrogen) atoms.